The Kier molecular flexibility index (Phi) is 1.94. The molecule has 1 aromatic carbocycles. The first-order valence-electron chi connectivity index (χ1n) is 4.31. The van der Waals surface area contributed by atoms with Gasteiger partial charge >= 0.3 is 0 Å². The molecule has 3 heteroatoms. The Morgan fingerprint density at radius 1 is 1.38 bits per heavy atom. The molecule has 0 aliphatic carbocycles. The van der Waals surface area contributed by atoms with Crippen molar-refractivity contribution in [2.45, 2.75) is 6.54 Å². The lowest BCUT2D eigenvalue weighted by molar-refractivity contribution is 0.800. The first kappa shape index (κ1) is 8.13. The van der Waals surface area contributed by atoms with E-state index in [1.165, 1.54) is 11.1 Å². The number of hydrogen-bond donors (Lipinski definition) is 3. The standard InChI is InChI=1S/C10H13N3/c1-12-6-9-5-7-4-8(11)2-3-10(7)13-9/h2-5,12-13H,6,11H2,1H3. The van der Waals surface area contributed by atoms with Gasteiger partial charge in [0.15, 0.2) is 0 Å². The Bertz CT molecular complexity index is 417. The van der Waals surface area contributed by atoms with Crippen molar-refractivity contribution in [1.29, 1.82) is 0 Å². The van der Waals surface area contributed by atoms with Crippen LogP contribution in [-0.4, -0.2) is 12.0 Å². The van der Waals surface area contributed by atoms with Gasteiger partial charge in [0.25, 0.3) is 0 Å². The molecule has 0 unspecified atom stereocenters. The van der Waals surface area contributed by atoms with Gasteiger partial charge in [-0.25, -0.2) is 0 Å². The second-order valence-electron chi connectivity index (χ2n) is 3.17. The molecule has 0 amide bonds. The summed E-state index contributed by atoms with van der Waals surface area (Å²) in [5.41, 5.74) is 8.81. The van der Waals surface area contributed by atoms with Crippen molar-refractivity contribution in [3.8, 4) is 0 Å². The van der Waals surface area contributed by atoms with E-state index in [4.69, 9.17) is 5.73 Å². The first-order chi connectivity index (χ1) is 6.29. The maximum absolute atomic E-state index is 5.68. The number of benzene rings is 1. The molecule has 0 bridgehead atoms. The highest BCUT2D eigenvalue weighted by Gasteiger charge is 1.99. The van der Waals surface area contributed by atoms with Crippen LogP contribution in [0.2, 0.25) is 0 Å². The van der Waals surface area contributed by atoms with E-state index in [1.807, 2.05) is 25.2 Å². The molecule has 13 heavy (non-hydrogen) atoms. The maximum atomic E-state index is 5.68. The molecule has 0 fully saturated rings. The van der Waals surface area contributed by atoms with Gasteiger partial charge in [-0.2, -0.15) is 0 Å². The lowest BCUT2D eigenvalue weighted by Crippen LogP contribution is -2.04. The molecule has 0 aliphatic rings. The summed E-state index contributed by atoms with van der Waals surface area (Å²) >= 11 is 0. The zero-order valence-electron chi connectivity index (χ0n) is 7.59. The summed E-state index contributed by atoms with van der Waals surface area (Å²) < 4.78 is 0. The number of aromatic amines is 1. The summed E-state index contributed by atoms with van der Waals surface area (Å²) in [7, 11) is 1.93. The van der Waals surface area contributed by atoms with Crippen LogP contribution in [0.5, 0.6) is 0 Å². The summed E-state index contributed by atoms with van der Waals surface area (Å²) in [6, 6.07) is 8.00. The van der Waals surface area contributed by atoms with Crippen molar-refractivity contribution in [3.05, 3.63) is 30.0 Å². The molecular weight excluding hydrogens is 162 g/mol. The summed E-state index contributed by atoms with van der Waals surface area (Å²) in [5.74, 6) is 0. The van der Waals surface area contributed by atoms with Gasteiger partial charge in [0.2, 0.25) is 0 Å². The molecule has 0 radical (unpaired) electrons. The van der Waals surface area contributed by atoms with E-state index in [-0.39, 0.29) is 0 Å². The van der Waals surface area contributed by atoms with Crippen molar-refractivity contribution in [1.82, 2.24) is 10.3 Å². The van der Waals surface area contributed by atoms with Crippen LogP contribution in [0.1, 0.15) is 5.69 Å². The fourth-order valence-corrected chi connectivity index (χ4v) is 1.50. The number of nitrogens with one attached hydrogen (secondary N) is 2. The van der Waals surface area contributed by atoms with Crippen LogP contribution in [0.3, 0.4) is 0 Å². The van der Waals surface area contributed by atoms with E-state index < -0.39 is 0 Å². The van der Waals surface area contributed by atoms with Gasteiger partial charge in [-0.1, -0.05) is 0 Å². The van der Waals surface area contributed by atoms with E-state index in [0.29, 0.717) is 0 Å². The zero-order valence-corrected chi connectivity index (χ0v) is 7.59. The van der Waals surface area contributed by atoms with Crippen LogP contribution in [0, 0.1) is 0 Å². The molecule has 1 heterocycles. The number of fused-ring (bicyclic) bond motifs is 1. The molecular formula is C10H13N3. The summed E-state index contributed by atoms with van der Waals surface area (Å²) in [5, 5.41) is 4.27. The normalized spacial score (nSPS) is 10.8. The highest BCUT2D eigenvalue weighted by atomic mass is 14.9. The molecule has 0 saturated carbocycles. The van der Waals surface area contributed by atoms with E-state index in [1.54, 1.807) is 0 Å². The van der Waals surface area contributed by atoms with Crippen molar-refractivity contribution in [2.24, 2.45) is 0 Å². The maximum Gasteiger partial charge on any atom is 0.0457 e. The minimum Gasteiger partial charge on any atom is -0.399 e. The number of anilines is 1. The van der Waals surface area contributed by atoms with Crippen LogP contribution >= 0.6 is 0 Å². The fourth-order valence-electron chi connectivity index (χ4n) is 1.50. The lowest BCUT2D eigenvalue weighted by atomic mass is 10.2. The Balaban J connectivity index is 2.49. The summed E-state index contributed by atoms with van der Waals surface area (Å²) in [4.78, 5) is 3.31. The minimum atomic E-state index is 0.808. The molecule has 0 aliphatic heterocycles. The third-order valence-electron chi connectivity index (χ3n) is 2.07. The second-order valence-corrected chi connectivity index (χ2v) is 3.17. The minimum absolute atomic E-state index is 0.808. The predicted octanol–water partition coefficient (Wildman–Crippen LogP) is 1.47. The van der Waals surface area contributed by atoms with Crippen molar-refractivity contribution >= 4 is 16.6 Å². The second kappa shape index (κ2) is 3.11. The van der Waals surface area contributed by atoms with E-state index in [0.717, 1.165) is 17.7 Å². The monoisotopic (exact) mass is 175 g/mol. The van der Waals surface area contributed by atoms with Gasteiger partial charge in [-0.05, 0) is 31.3 Å². The Labute approximate surface area is 76.9 Å². The van der Waals surface area contributed by atoms with Crippen molar-refractivity contribution in [2.75, 3.05) is 12.8 Å². The first-order valence-corrected chi connectivity index (χ1v) is 4.31. The topological polar surface area (TPSA) is 53.8 Å². The number of rotatable bonds is 2. The molecule has 68 valence electrons. The highest BCUT2D eigenvalue weighted by Crippen LogP contribution is 2.17. The predicted molar refractivity (Wildman–Crippen MR) is 55.5 cm³/mol. The van der Waals surface area contributed by atoms with Gasteiger partial charge in [-0.15, -0.1) is 0 Å². The third-order valence-corrected chi connectivity index (χ3v) is 2.07. The number of H-pyrrole nitrogens is 1. The number of aromatic nitrogens is 1. The van der Waals surface area contributed by atoms with Crippen LogP contribution in [-0.2, 0) is 6.54 Å². The quantitative estimate of drug-likeness (QED) is 0.605. The van der Waals surface area contributed by atoms with Crippen LogP contribution < -0.4 is 11.1 Å². The average molecular weight is 175 g/mol. The number of hydrogen-bond acceptors (Lipinski definition) is 2. The largest absolute Gasteiger partial charge is 0.399 e. The molecule has 1 aromatic heterocycles. The Hall–Kier alpha value is -1.48. The van der Waals surface area contributed by atoms with Gasteiger partial charge in [0.1, 0.15) is 0 Å². The lowest BCUT2D eigenvalue weighted by Gasteiger charge is -1.92. The van der Waals surface area contributed by atoms with Gasteiger partial charge in [0, 0.05) is 28.8 Å². The van der Waals surface area contributed by atoms with Crippen LogP contribution in [0.15, 0.2) is 24.3 Å². The van der Waals surface area contributed by atoms with E-state index in [9.17, 15) is 0 Å². The molecule has 0 atom stereocenters. The number of nitrogens with two attached hydrogens (primary N) is 1. The summed E-state index contributed by atoms with van der Waals surface area (Å²) in [6.45, 7) is 0.856. The fraction of sp³-hybridized carbons (Fsp3) is 0.200. The van der Waals surface area contributed by atoms with Gasteiger partial charge in [0.05, 0.1) is 0 Å². The van der Waals surface area contributed by atoms with E-state index in [2.05, 4.69) is 16.4 Å². The Morgan fingerprint density at radius 2 is 2.23 bits per heavy atom. The van der Waals surface area contributed by atoms with Crippen LogP contribution in [0.25, 0.3) is 10.9 Å². The highest BCUT2D eigenvalue weighted by molar-refractivity contribution is 5.83. The molecule has 0 spiro atoms. The van der Waals surface area contributed by atoms with Gasteiger partial charge in [-0.3, -0.25) is 0 Å². The summed E-state index contributed by atoms with van der Waals surface area (Å²) in [6.07, 6.45) is 0. The van der Waals surface area contributed by atoms with Gasteiger partial charge < -0.3 is 16.0 Å². The molecule has 4 N–H and O–H groups in total. The van der Waals surface area contributed by atoms with Crippen molar-refractivity contribution < 1.29 is 0 Å². The third kappa shape index (κ3) is 1.51. The smallest absolute Gasteiger partial charge is 0.0457 e. The van der Waals surface area contributed by atoms with Crippen molar-refractivity contribution in [3.63, 3.8) is 0 Å². The number of nitrogen functional groups attached to an aromatic ring is 1. The SMILES string of the molecule is CNCc1cc2cc(N)ccc2[nH]1. The molecule has 3 nitrogen and oxygen atoms in total. The average Bonchev–Trinajstić information content (AvgIpc) is 2.46. The van der Waals surface area contributed by atoms with Crippen LogP contribution in [0.4, 0.5) is 5.69 Å². The van der Waals surface area contributed by atoms with E-state index >= 15 is 0 Å². The molecule has 0 saturated heterocycles. The Morgan fingerprint density at radius 3 is 3.00 bits per heavy atom. The molecule has 2 rings (SSSR count). The zero-order chi connectivity index (χ0) is 9.26. The molecule has 2 aromatic rings.